The van der Waals surface area contributed by atoms with E-state index in [4.69, 9.17) is 9.47 Å². The number of rotatable bonds is 3. The summed E-state index contributed by atoms with van der Waals surface area (Å²) in [5.74, 6) is 0.957. The molecule has 1 aromatic carbocycles. The zero-order chi connectivity index (χ0) is 12.3. The number of esters is 1. The Balaban J connectivity index is 3.36. The van der Waals surface area contributed by atoms with Crippen LogP contribution in [0.25, 0.3) is 0 Å². The summed E-state index contributed by atoms with van der Waals surface area (Å²) < 4.78 is 11.3. The van der Waals surface area contributed by atoms with E-state index in [1.54, 1.807) is 13.2 Å². The third-order valence-electron chi connectivity index (χ3n) is 2.15. The van der Waals surface area contributed by atoms with Gasteiger partial charge in [-0.3, -0.25) is 4.79 Å². The lowest BCUT2D eigenvalue weighted by Gasteiger charge is -2.16. The van der Waals surface area contributed by atoms with Crippen molar-refractivity contribution in [2.45, 2.75) is 26.7 Å². The first-order valence-electron chi connectivity index (χ1n) is 5.02. The molecule has 1 rings (SSSR count). The maximum absolute atomic E-state index is 11.1. The van der Waals surface area contributed by atoms with Crippen molar-refractivity contribution in [2.75, 3.05) is 7.11 Å². The topological polar surface area (TPSA) is 35.5 Å². The molecule has 0 amide bonds. The highest BCUT2D eigenvalue weighted by Gasteiger charge is 2.18. The molecule has 0 bridgehead atoms. The SMILES string of the molecule is COc1ccc(Br)c(C(C)C)c1OC(C)=O. The molecule has 0 saturated carbocycles. The molecule has 1 aromatic rings. The molecule has 0 aromatic heterocycles. The van der Waals surface area contributed by atoms with Gasteiger partial charge in [-0.05, 0) is 18.1 Å². The fourth-order valence-electron chi connectivity index (χ4n) is 1.50. The smallest absolute Gasteiger partial charge is 0.308 e. The fourth-order valence-corrected chi connectivity index (χ4v) is 2.27. The normalized spacial score (nSPS) is 10.4. The quantitative estimate of drug-likeness (QED) is 0.630. The van der Waals surface area contributed by atoms with Gasteiger partial charge in [0.1, 0.15) is 0 Å². The molecule has 0 fully saturated rings. The number of hydrogen-bond acceptors (Lipinski definition) is 3. The van der Waals surface area contributed by atoms with Crippen LogP contribution in [0.3, 0.4) is 0 Å². The fraction of sp³-hybridized carbons (Fsp3) is 0.417. The molecule has 0 unspecified atom stereocenters. The van der Waals surface area contributed by atoms with Crippen molar-refractivity contribution in [3.8, 4) is 11.5 Å². The van der Waals surface area contributed by atoms with Crippen LogP contribution in [0.1, 0.15) is 32.3 Å². The highest BCUT2D eigenvalue weighted by Crippen LogP contribution is 2.40. The molecule has 4 heteroatoms. The third-order valence-corrected chi connectivity index (χ3v) is 2.84. The van der Waals surface area contributed by atoms with E-state index in [0.717, 1.165) is 10.0 Å². The zero-order valence-corrected chi connectivity index (χ0v) is 11.4. The minimum absolute atomic E-state index is 0.235. The van der Waals surface area contributed by atoms with Gasteiger partial charge in [0.05, 0.1) is 7.11 Å². The first-order valence-corrected chi connectivity index (χ1v) is 5.81. The van der Waals surface area contributed by atoms with Crippen LogP contribution in [0, 0.1) is 0 Å². The summed E-state index contributed by atoms with van der Waals surface area (Å²) in [5.41, 5.74) is 0.939. The molecule has 0 aliphatic rings. The van der Waals surface area contributed by atoms with E-state index in [1.165, 1.54) is 6.92 Å². The lowest BCUT2D eigenvalue weighted by atomic mass is 10.0. The maximum Gasteiger partial charge on any atom is 0.308 e. The average molecular weight is 287 g/mol. The number of carbonyl (C=O) groups is 1. The summed E-state index contributed by atoms with van der Waals surface area (Å²) in [6, 6.07) is 3.66. The minimum Gasteiger partial charge on any atom is -0.493 e. The van der Waals surface area contributed by atoms with E-state index >= 15 is 0 Å². The number of halogens is 1. The lowest BCUT2D eigenvalue weighted by Crippen LogP contribution is -2.07. The second-order valence-electron chi connectivity index (χ2n) is 3.74. The van der Waals surface area contributed by atoms with Crippen LogP contribution >= 0.6 is 15.9 Å². The Bertz CT molecular complexity index is 399. The van der Waals surface area contributed by atoms with Gasteiger partial charge < -0.3 is 9.47 Å². The number of carbonyl (C=O) groups excluding carboxylic acids is 1. The standard InChI is InChI=1S/C12H15BrO3/c1-7(2)11-9(13)5-6-10(15-4)12(11)16-8(3)14/h5-7H,1-4H3. The molecular formula is C12H15BrO3. The molecule has 0 aliphatic carbocycles. The summed E-state index contributed by atoms with van der Waals surface area (Å²) in [6.45, 7) is 5.45. The molecule has 0 heterocycles. The Morgan fingerprint density at radius 1 is 1.38 bits per heavy atom. The third kappa shape index (κ3) is 2.76. The molecule has 3 nitrogen and oxygen atoms in total. The lowest BCUT2D eigenvalue weighted by molar-refractivity contribution is -0.132. The predicted octanol–water partition coefficient (Wildman–Crippen LogP) is 3.51. The molecule has 0 N–H and O–H groups in total. The predicted molar refractivity (Wildman–Crippen MR) is 66.1 cm³/mol. The van der Waals surface area contributed by atoms with Gasteiger partial charge in [-0.25, -0.2) is 0 Å². The summed E-state index contributed by atoms with van der Waals surface area (Å²) in [7, 11) is 1.56. The van der Waals surface area contributed by atoms with Crippen molar-refractivity contribution in [1.82, 2.24) is 0 Å². The highest BCUT2D eigenvalue weighted by molar-refractivity contribution is 9.10. The Labute approximate surface area is 104 Å². The molecule has 16 heavy (non-hydrogen) atoms. The van der Waals surface area contributed by atoms with Crippen molar-refractivity contribution < 1.29 is 14.3 Å². The first kappa shape index (κ1) is 13.0. The van der Waals surface area contributed by atoms with Gasteiger partial charge >= 0.3 is 5.97 Å². The van der Waals surface area contributed by atoms with Crippen molar-refractivity contribution in [3.05, 3.63) is 22.2 Å². The number of benzene rings is 1. The molecule has 0 atom stereocenters. The van der Waals surface area contributed by atoms with Gasteiger partial charge in [0.15, 0.2) is 11.5 Å². The molecule has 0 radical (unpaired) electrons. The van der Waals surface area contributed by atoms with Crippen molar-refractivity contribution >= 4 is 21.9 Å². The Morgan fingerprint density at radius 3 is 2.44 bits per heavy atom. The Hall–Kier alpha value is -1.03. The van der Waals surface area contributed by atoms with E-state index in [9.17, 15) is 4.79 Å². The number of hydrogen-bond donors (Lipinski definition) is 0. The second-order valence-corrected chi connectivity index (χ2v) is 4.60. The molecule has 0 spiro atoms. The van der Waals surface area contributed by atoms with Crippen LogP contribution in [-0.4, -0.2) is 13.1 Å². The largest absolute Gasteiger partial charge is 0.493 e. The number of methoxy groups -OCH3 is 1. The summed E-state index contributed by atoms with van der Waals surface area (Å²) >= 11 is 3.45. The van der Waals surface area contributed by atoms with Crippen LogP contribution in [0.4, 0.5) is 0 Å². The van der Waals surface area contributed by atoms with Crippen molar-refractivity contribution in [3.63, 3.8) is 0 Å². The van der Waals surface area contributed by atoms with E-state index in [-0.39, 0.29) is 11.9 Å². The van der Waals surface area contributed by atoms with Gasteiger partial charge in [-0.15, -0.1) is 0 Å². The average Bonchev–Trinajstić information content (AvgIpc) is 2.16. The van der Waals surface area contributed by atoms with Gasteiger partial charge in [0.25, 0.3) is 0 Å². The van der Waals surface area contributed by atoms with Crippen LogP contribution in [0.2, 0.25) is 0 Å². The second kappa shape index (κ2) is 5.34. The van der Waals surface area contributed by atoms with E-state index in [1.807, 2.05) is 19.9 Å². The zero-order valence-electron chi connectivity index (χ0n) is 9.83. The van der Waals surface area contributed by atoms with Crippen LogP contribution in [0.15, 0.2) is 16.6 Å². The highest BCUT2D eigenvalue weighted by atomic mass is 79.9. The Kier molecular flexibility index (Phi) is 4.35. The van der Waals surface area contributed by atoms with Crippen LogP contribution < -0.4 is 9.47 Å². The summed E-state index contributed by atoms with van der Waals surface area (Å²) in [6.07, 6.45) is 0. The molecule has 88 valence electrons. The summed E-state index contributed by atoms with van der Waals surface area (Å²) in [5, 5.41) is 0. The monoisotopic (exact) mass is 286 g/mol. The van der Waals surface area contributed by atoms with E-state index < -0.39 is 0 Å². The van der Waals surface area contributed by atoms with E-state index in [2.05, 4.69) is 15.9 Å². The van der Waals surface area contributed by atoms with Crippen LogP contribution in [-0.2, 0) is 4.79 Å². The molecule has 0 aliphatic heterocycles. The van der Waals surface area contributed by atoms with Crippen molar-refractivity contribution in [2.24, 2.45) is 0 Å². The maximum atomic E-state index is 11.1. The molecular weight excluding hydrogens is 272 g/mol. The molecule has 0 saturated heterocycles. The van der Waals surface area contributed by atoms with Gasteiger partial charge in [-0.1, -0.05) is 29.8 Å². The van der Waals surface area contributed by atoms with Gasteiger partial charge in [0, 0.05) is 17.0 Å². The first-order chi connectivity index (χ1) is 7.47. The Morgan fingerprint density at radius 2 is 2.00 bits per heavy atom. The minimum atomic E-state index is -0.349. The van der Waals surface area contributed by atoms with Gasteiger partial charge in [-0.2, -0.15) is 0 Å². The summed E-state index contributed by atoms with van der Waals surface area (Å²) in [4.78, 5) is 11.1. The van der Waals surface area contributed by atoms with Crippen LogP contribution in [0.5, 0.6) is 11.5 Å². The number of ether oxygens (including phenoxy) is 2. The van der Waals surface area contributed by atoms with E-state index in [0.29, 0.717) is 11.5 Å². The van der Waals surface area contributed by atoms with Crippen molar-refractivity contribution in [1.29, 1.82) is 0 Å². The van der Waals surface area contributed by atoms with Gasteiger partial charge in [0.2, 0.25) is 0 Å².